The first-order valence-electron chi connectivity index (χ1n) is 13.2. The van der Waals surface area contributed by atoms with Gasteiger partial charge in [0.2, 0.25) is 0 Å². The minimum Gasteiger partial charge on any atom is -0.443 e. The van der Waals surface area contributed by atoms with Crippen molar-refractivity contribution < 1.29 is 14.0 Å². The molecule has 0 spiro atoms. The first-order chi connectivity index (χ1) is 15.7. The normalized spacial score (nSPS) is 17.0. The fourth-order valence-corrected chi connectivity index (χ4v) is 5.69. The number of hydrogen-bond acceptors (Lipinski definition) is 4. The Kier molecular flexibility index (Phi) is 10.6. The largest absolute Gasteiger partial charge is 0.443 e. The molecule has 0 heterocycles. The zero-order chi connectivity index (χ0) is 25.4. The molecule has 1 N–H and O–H groups in total. The van der Waals surface area contributed by atoms with Crippen LogP contribution < -0.4 is 5.43 Å². The number of hydrazine groups is 1. The highest BCUT2D eigenvalue weighted by Crippen LogP contribution is 2.38. The number of rotatable bonds is 10. The van der Waals surface area contributed by atoms with Gasteiger partial charge in [-0.2, -0.15) is 0 Å². The van der Waals surface area contributed by atoms with Gasteiger partial charge < -0.3 is 9.16 Å². The van der Waals surface area contributed by atoms with Gasteiger partial charge in [0.25, 0.3) is 0 Å². The van der Waals surface area contributed by atoms with Crippen LogP contribution in [0.5, 0.6) is 0 Å². The van der Waals surface area contributed by atoms with E-state index >= 15 is 0 Å². The van der Waals surface area contributed by atoms with Crippen molar-refractivity contribution in [2.24, 2.45) is 5.92 Å². The molecule has 1 aromatic rings. The van der Waals surface area contributed by atoms with Crippen LogP contribution in [0.15, 0.2) is 30.3 Å². The van der Waals surface area contributed by atoms with Gasteiger partial charge in [-0.25, -0.2) is 9.80 Å². The fourth-order valence-electron chi connectivity index (χ4n) is 4.31. The van der Waals surface area contributed by atoms with E-state index in [9.17, 15) is 4.79 Å². The first kappa shape index (κ1) is 28.9. The summed E-state index contributed by atoms with van der Waals surface area (Å²) in [7, 11) is -1.96. The number of hydrogen-bond donors (Lipinski definition) is 1. The number of nitrogens with zero attached hydrogens (tertiary/aromatic N) is 1. The number of ether oxygens (including phenoxy) is 1. The second-order valence-electron chi connectivity index (χ2n) is 12.6. The van der Waals surface area contributed by atoms with Crippen LogP contribution in [-0.4, -0.2) is 37.7 Å². The molecule has 6 heteroatoms. The van der Waals surface area contributed by atoms with Gasteiger partial charge in [0.15, 0.2) is 8.32 Å². The van der Waals surface area contributed by atoms with E-state index in [1.54, 1.807) is 0 Å². The third-order valence-electron chi connectivity index (χ3n) is 7.18. The molecule has 1 saturated carbocycles. The SMILES string of the molecule is CC(C)(C)OC(=O)NN(Cc1ccccc1)C[C@@H](CCC1CCCCC1)O[Si](C)(C)C(C)(C)C. The van der Waals surface area contributed by atoms with Crippen molar-refractivity contribution in [1.29, 1.82) is 0 Å². The van der Waals surface area contributed by atoms with Crippen LogP contribution in [0.25, 0.3) is 0 Å². The molecule has 5 nitrogen and oxygen atoms in total. The Morgan fingerprint density at radius 2 is 1.68 bits per heavy atom. The molecule has 0 saturated heterocycles. The highest BCUT2D eigenvalue weighted by atomic mass is 28.4. The van der Waals surface area contributed by atoms with Crippen LogP contribution in [0.3, 0.4) is 0 Å². The molecule has 0 radical (unpaired) electrons. The summed E-state index contributed by atoms with van der Waals surface area (Å²) in [5.74, 6) is 0.806. The summed E-state index contributed by atoms with van der Waals surface area (Å²) in [6.07, 6.45) is 8.67. The molecule has 194 valence electrons. The quantitative estimate of drug-likeness (QED) is 0.270. The van der Waals surface area contributed by atoms with Crippen LogP contribution >= 0.6 is 0 Å². The summed E-state index contributed by atoms with van der Waals surface area (Å²) in [6.45, 7) is 18.4. The van der Waals surface area contributed by atoms with Gasteiger partial charge in [0, 0.05) is 13.1 Å². The Bertz CT molecular complexity index is 734. The second-order valence-corrected chi connectivity index (χ2v) is 17.3. The lowest BCUT2D eigenvalue weighted by molar-refractivity contribution is 0.0202. The molecule has 1 aromatic carbocycles. The molecule has 0 unspecified atom stereocenters. The van der Waals surface area contributed by atoms with Crippen LogP contribution in [0.2, 0.25) is 18.1 Å². The first-order valence-corrected chi connectivity index (χ1v) is 16.1. The van der Waals surface area contributed by atoms with E-state index in [4.69, 9.17) is 9.16 Å². The van der Waals surface area contributed by atoms with Gasteiger partial charge >= 0.3 is 6.09 Å². The number of nitrogens with one attached hydrogen (secondary N) is 1. The summed E-state index contributed by atoms with van der Waals surface area (Å²) >= 11 is 0. The molecule has 0 aliphatic heterocycles. The van der Waals surface area contributed by atoms with E-state index in [1.807, 2.05) is 44.0 Å². The lowest BCUT2D eigenvalue weighted by Gasteiger charge is -2.41. The average Bonchev–Trinajstić information content (AvgIpc) is 2.71. The molecule has 34 heavy (non-hydrogen) atoms. The van der Waals surface area contributed by atoms with Gasteiger partial charge in [-0.3, -0.25) is 5.43 Å². The minimum atomic E-state index is -1.96. The summed E-state index contributed by atoms with van der Waals surface area (Å²) in [5, 5.41) is 2.13. The van der Waals surface area contributed by atoms with Crippen molar-refractivity contribution in [3.63, 3.8) is 0 Å². The lowest BCUT2D eigenvalue weighted by atomic mass is 9.85. The Morgan fingerprint density at radius 1 is 1.06 bits per heavy atom. The zero-order valence-corrected chi connectivity index (χ0v) is 24.1. The summed E-state index contributed by atoms with van der Waals surface area (Å²) in [6, 6.07) is 10.3. The third-order valence-corrected chi connectivity index (χ3v) is 11.7. The summed E-state index contributed by atoms with van der Waals surface area (Å²) < 4.78 is 12.5. The number of carbonyl (C=O) groups excluding carboxylic acids is 1. The highest BCUT2D eigenvalue weighted by molar-refractivity contribution is 6.74. The van der Waals surface area contributed by atoms with Crippen molar-refractivity contribution in [3.8, 4) is 0 Å². The third kappa shape index (κ3) is 10.5. The van der Waals surface area contributed by atoms with E-state index in [2.05, 4.69) is 51.4 Å². The van der Waals surface area contributed by atoms with Gasteiger partial charge in [0.1, 0.15) is 5.60 Å². The Labute approximate surface area is 210 Å². The highest BCUT2D eigenvalue weighted by Gasteiger charge is 2.39. The van der Waals surface area contributed by atoms with Crippen LogP contribution in [-0.2, 0) is 15.7 Å². The molecule has 2 rings (SSSR count). The molecule has 1 fully saturated rings. The summed E-state index contributed by atoms with van der Waals surface area (Å²) in [5.41, 5.74) is 3.63. The molecule has 0 aromatic heterocycles. The molecule has 1 atom stereocenters. The van der Waals surface area contributed by atoms with Crippen molar-refractivity contribution in [3.05, 3.63) is 35.9 Å². The van der Waals surface area contributed by atoms with Crippen LogP contribution in [0.4, 0.5) is 4.79 Å². The maximum Gasteiger partial charge on any atom is 0.422 e. The van der Waals surface area contributed by atoms with Gasteiger partial charge in [-0.1, -0.05) is 83.2 Å². The fraction of sp³-hybridized carbons (Fsp3) is 0.750. The maximum atomic E-state index is 12.7. The number of carbonyl (C=O) groups is 1. The average molecular weight is 491 g/mol. The van der Waals surface area contributed by atoms with E-state index in [0.29, 0.717) is 13.1 Å². The Hall–Kier alpha value is -1.37. The van der Waals surface area contributed by atoms with Gasteiger partial charge in [-0.05, 0) is 63.2 Å². The smallest absolute Gasteiger partial charge is 0.422 e. The zero-order valence-electron chi connectivity index (χ0n) is 23.1. The van der Waals surface area contributed by atoms with Gasteiger partial charge in [0.05, 0.1) is 6.10 Å². The van der Waals surface area contributed by atoms with Crippen LogP contribution in [0.1, 0.15) is 92.1 Å². The predicted octanol–water partition coefficient (Wildman–Crippen LogP) is 7.68. The monoisotopic (exact) mass is 490 g/mol. The number of amides is 1. The van der Waals surface area contributed by atoms with E-state index in [-0.39, 0.29) is 11.1 Å². The Balaban J connectivity index is 2.18. The van der Waals surface area contributed by atoms with Crippen molar-refractivity contribution in [2.75, 3.05) is 6.54 Å². The topological polar surface area (TPSA) is 50.8 Å². The minimum absolute atomic E-state index is 0.0708. The molecule has 0 bridgehead atoms. The molecular weight excluding hydrogens is 440 g/mol. The second kappa shape index (κ2) is 12.5. The lowest BCUT2D eigenvalue weighted by Crippen LogP contribution is -2.51. The van der Waals surface area contributed by atoms with Crippen molar-refractivity contribution in [2.45, 2.75) is 123 Å². The summed E-state index contributed by atoms with van der Waals surface area (Å²) in [4.78, 5) is 12.7. The molecular formula is C28H50N2O3Si. The molecule has 1 aliphatic carbocycles. The van der Waals surface area contributed by atoms with Crippen molar-refractivity contribution in [1.82, 2.24) is 10.4 Å². The Morgan fingerprint density at radius 3 is 2.24 bits per heavy atom. The molecule has 1 aliphatic rings. The predicted molar refractivity (Wildman–Crippen MR) is 144 cm³/mol. The van der Waals surface area contributed by atoms with Crippen molar-refractivity contribution >= 4 is 14.4 Å². The van der Waals surface area contributed by atoms with E-state index in [1.165, 1.54) is 38.5 Å². The van der Waals surface area contributed by atoms with E-state index in [0.717, 1.165) is 17.9 Å². The molecule has 1 amide bonds. The maximum absolute atomic E-state index is 12.7. The number of benzene rings is 1. The van der Waals surface area contributed by atoms with Crippen LogP contribution in [0, 0.1) is 5.92 Å². The standard InChI is InChI=1S/C28H50N2O3Si/c1-27(2,3)32-26(31)29-30(21-24-17-13-10-14-18-24)22-25(33-34(7,8)28(4,5)6)20-19-23-15-11-9-12-16-23/h10,13-14,17-18,23,25H,9,11-12,15-16,19-22H2,1-8H3,(H,29,31)/t25-/m1/s1. The van der Waals surface area contributed by atoms with Gasteiger partial charge in [-0.15, -0.1) is 0 Å². The van der Waals surface area contributed by atoms with E-state index < -0.39 is 20.0 Å².